The Hall–Kier alpha value is -2.36. The third-order valence-corrected chi connectivity index (χ3v) is 3.13. The van der Waals surface area contributed by atoms with Gasteiger partial charge in [0, 0.05) is 17.8 Å². The second-order valence-corrected chi connectivity index (χ2v) is 4.53. The van der Waals surface area contributed by atoms with Gasteiger partial charge in [0.25, 0.3) is 0 Å². The molecule has 0 saturated heterocycles. The van der Waals surface area contributed by atoms with Crippen LogP contribution < -0.4 is 14.8 Å². The number of nitrogens with one attached hydrogen (secondary N) is 1. The predicted molar refractivity (Wildman–Crippen MR) is 72.7 cm³/mol. The maximum Gasteiger partial charge on any atom is 0.231 e. The standard InChI is InChI=1S/C15H15NO3/c1-10(16-12-3-2-4-13(17)8-12)11-5-6-14-15(7-11)19-9-18-14/h2-8,10,16-17H,9H2,1H3. The number of phenols is 1. The summed E-state index contributed by atoms with van der Waals surface area (Å²) >= 11 is 0. The molecule has 98 valence electrons. The molecule has 1 heterocycles. The molecule has 1 aliphatic rings. The lowest BCUT2D eigenvalue weighted by Gasteiger charge is -2.16. The zero-order valence-corrected chi connectivity index (χ0v) is 10.6. The lowest BCUT2D eigenvalue weighted by molar-refractivity contribution is 0.174. The Kier molecular flexibility index (Phi) is 2.91. The minimum Gasteiger partial charge on any atom is -0.508 e. The molecule has 19 heavy (non-hydrogen) atoms. The van der Waals surface area contributed by atoms with Gasteiger partial charge in [-0.25, -0.2) is 0 Å². The third kappa shape index (κ3) is 2.42. The number of anilines is 1. The fourth-order valence-electron chi connectivity index (χ4n) is 2.11. The summed E-state index contributed by atoms with van der Waals surface area (Å²) in [6.07, 6.45) is 0. The molecule has 1 unspecified atom stereocenters. The first-order valence-corrected chi connectivity index (χ1v) is 6.17. The van der Waals surface area contributed by atoms with Gasteiger partial charge in [-0.05, 0) is 36.8 Å². The molecule has 0 bridgehead atoms. The van der Waals surface area contributed by atoms with Crippen LogP contribution in [0.3, 0.4) is 0 Å². The number of phenolic OH excluding ortho intramolecular Hbond substituents is 1. The SMILES string of the molecule is CC(Nc1cccc(O)c1)c1ccc2c(c1)OCO2. The van der Waals surface area contributed by atoms with Crippen molar-refractivity contribution >= 4 is 5.69 Å². The second-order valence-electron chi connectivity index (χ2n) is 4.53. The summed E-state index contributed by atoms with van der Waals surface area (Å²) in [5.74, 6) is 1.82. The van der Waals surface area contributed by atoms with Crippen molar-refractivity contribution in [3.63, 3.8) is 0 Å². The van der Waals surface area contributed by atoms with Crippen LogP contribution in [-0.2, 0) is 0 Å². The van der Waals surface area contributed by atoms with Crippen LogP contribution in [0.2, 0.25) is 0 Å². The zero-order valence-electron chi connectivity index (χ0n) is 10.6. The number of hydrogen-bond donors (Lipinski definition) is 2. The number of rotatable bonds is 3. The molecule has 0 aromatic heterocycles. The second kappa shape index (κ2) is 4.72. The lowest BCUT2D eigenvalue weighted by Crippen LogP contribution is -2.06. The number of hydrogen-bond acceptors (Lipinski definition) is 4. The monoisotopic (exact) mass is 257 g/mol. The largest absolute Gasteiger partial charge is 0.508 e. The molecule has 3 rings (SSSR count). The van der Waals surface area contributed by atoms with Crippen LogP contribution in [0.1, 0.15) is 18.5 Å². The molecule has 0 spiro atoms. The number of aromatic hydroxyl groups is 1. The molecule has 0 fully saturated rings. The van der Waals surface area contributed by atoms with E-state index in [9.17, 15) is 5.11 Å². The average Bonchev–Trinajstić information content (AvgIpc) is 2.85. The molecular formula is C15H15NO3. The van der Waals surface area contributed by atoms with Crippen LogP contribution in [-0.4, -0.2) is 11.9 Å². The zero-order chi connectivity index (χ0) is 13.2. The Balaban J connectivity index is 1.78. The van der Waals surface area contributed by atoms with Crippen LogP contribution in [0.4, 0.5) is 5.69 Å². The van der Waals surface area contributed by atoms with Crippen molar-refractivity contribution in [2.24, 2.45) is 0 Å². The van der Waals surface area contributed by atoms with Crippen molar-refractivity contribution in [1.29, 1.82) is 0 Å². The highest BCUT2D eigenvalue weighted by Crippen LogP contribution is 2.34. The van der Waals surface area contributed by atoms with Gasteiger partial charge in [0.2, 0.25) is 6.79 Å². The lowest BCUT2D eigenvalue weighted by atomic mass is 10.1. The highest BCUT2D eigenvalue weighted by Gasteiger charge is 2.15. The maximum atomic E-state index is 9.45. The van der Waals surface area contributed by atoms with Gasteiger partial charge in [-0.15, -0.1) is 0 Å². The van der Waals surface area contributed by atoms with Gasteiger partial charge in [0.1, 0.15) is 5.75 Å². The summed E-state index contributed by atoms with van der Waals surface area (Å²) in [5.41, 5.74) is 1.98. The molecule has 2 aromatic rings. The highest BCUT2D eigenvalue weighted by atomic mass is 16.7. The van der Waals surface area contributed by atoms with Crippen LogP contribution in [0.5, 0.6) is 17.2 Å². The third-order valence-electron chi connectivity index (χ3n) is 3.13. The van der Waals surface area contributed by atoms with E-state index in [1.807, 2.05) is 30.3 Å². The van der Waals surface area contributed by atoms with Crippen molar-refractivity contribution in [1.82, 2.24) is 0 Å². The molecule has 0 aliphatic carbocycles. The summed E-state index contributed by atoms with van der Waals surface area (Å²) in [6.45, 7) is 2.34. The summed E-state index contributed by atoms with van der Waals surface area (Å²) in [6, 6.07) is 13.1. The fourth-order valence-corrected chi connectivity index (χ4v) is 2.11. The Labute approximate surface area is 111 Å². The van der Waals surface area contributed by atoms with Crippen molar-refractivity contribution in [3.05, 3.63) is 48.0 Å². The van der Waals surface area contributed by atoms with Gasteiger partial charge in [-0.2, -0.15) is 0 Å². The van der Waals surface area contributed by atoms with Crippen molar-refractivity contribution in [2.75, 3.05) is 12.1 Å². The van der Waals surface area contributed by atoms with E-state index in [0.29, 0.717) is 0 Å². The van der Waals surface area contributed by atoms with E-state index in [1.165, 1.54) is 0 Å². The Morgan fingerprint density at radius 1 is 1.11 bits per heavy atom. The molecule has 4 nitrogen and oxygen atoms in total. The van der Waals surface area contributed by atoms with Gasteiger partial charge in [0.05, 0.1) is 0 Å². The minimum atomic E-state index is 0.108. The van der Waals surface area contributed by atoms with Crippen LogP contribution in [0, 0.1) is 0 Å². The van der Waals surface area contributed by atoms with E-state index in [4.69, 9.17) is 9.47 Å². The number of benzene rings is 2. The normalized spacial score (nSPS) is 14.2. The summed E-state index contributed by atoms with van der Waals surface area (Å²) in [5, 5.41) is 12.8. The summed E-state index contributed by atoms with van der Waals surface area (Å²) in [7, 11) is 0. The Morgan fingerprint density at radius 3 is 2.79 bits per heavy atom. The smallest absolute Gasteiger partial charge is 0.231 e. The summed E-state index contributed by atoms with van der Waals surface area (Å²) < 4.78 is 10.7. The first-order chi connectivity index (χ1) is 9.22. The van der Waals surface area contributed by atoms with E-state index in [-0.39, 0.29) is 18.6 Å². The highest BCUT2D eigenvalue weighted by molar-refractivity contribution is 5.51. The van der Waals surface area contributed by atoms with Crippen LogP contribution in [0.15, 0.2) is 42.5 Å². The fraction of sp³-hybridized carbons (Fsp3) is 0.200. The average molecular weight is 257 g/mol. The van der Waals surface area contributed by atoms with E-state index < -0.39 is 0 Å². The molecule has 1 atom stereocenters. The number of fused-ring (bicyclic) bond motifs is 1. The topological polar surface area (TPSA) is 50.7 Å². The van der Waals surface area contributed by atoms with E-state index in [2.05, 4.69) is 12.2 Å². The van der Waals surface area contributed by atoms with Crippen molar-refractivity contribution in [3.8, 4) is 17.2 Å². The maximum absolute atomic E-state index is 9.45. The molecule has 0 amide bonds. The molecule has 2 aromatic carbocycles. The molecule has 4 heteroatoms. The van der Waals surface area contributed by atoms with Crippen LogP contribution in [0.25, 0.3) is 0 Å². The first-order valence-electron chi connectivity index (χ1n) is 6.17. The Morgan fingerprint density at radius 2 is 1.95 bits per heavy atom. The molecule has 0 saturated carbocycles. The minimum absolute atomic E-state index is 0.108. The predicted octanol–water partition coefficient (Wildman–Crippen LogP) is 3.29. The van der Waals surface area contributed by atoms with E-state index >= 15 is 0 Å². The van der Waals surface area contributed by atoms with Crippen molar-refractivity contribution < 1.29 is 14.6 Å². The van der Waals surface area contributed by atoms with E-state index in [0.717, 1.165) is 22.7 Å². The molecular weight excluding hydrogens is 242 g/mol. The van der Waals surface area contributed by atoms with Gasteiger partial charge in [-0.1, -0.05) is 12.1 Å². The van der Waals surface area contributed by atoms with Gasteiger partial charge < -0.3 is 19.9 Å². The van der Waals surface area contributed by atoms with Gasteiger partial charge in [-0.3, -0.25) is 0 Å². The summed E-state index contributed by atoms with van der Waals surface area (Å²) in [4.78, 5) is 0. The quantitative estimate of drug-likeness (QED) is 0.885. The molecule has 2 N–H and O–H groups in total. The molecule has 0 radical (unpaired) electrons. The number of ether oxygens (including phenoxy) is 2. The first kappa shape index (κ1) is 11.7. The van der Waals surface area contributed by atoms with E-state index in [1.54, 1.807) is 12.1 Å². The Bertz CT molecular complexity index is 598. The van der Waals surface area contributed by atoms with Crippen molar-refractivity contribution in [2.45, 2.75) is 13.0 Å². The van der Waals surface area contributed by atoms with Gasteiger partial charge in [0.15, 0.2) is 11.5 Å². The van der Waals surface area contributed by atoms with Crippen LogP contribution >= 0.6 is 0 Å². The van der Waals surface area contributed by atoms with Gasteiger partial charge >= 0.3 is 0 Å². The molecule has 1 aliphatic heterocycles.